The van der Waals surface area contributed by atoms with Gasteiger partial charge in [-0.1, -0.05) is 65.1 Å². The van der Waals surface area contributed by atoms with Gasteiger partial charge in [0.15, 0.2) is 0 Å². The summed E-state index contributed by atoms with van der Waals surface area (Å²) in [4.78, 5) is 17.1. The van der Waals surface area contributed by atoms with Crippen LogP contribution in [0.5, 0.6) is 0 Å². The average Bonchev–Trinajstić information content (AvgIpc) is 3.86. The number of halogens is 3. The van der Waals surface area contributed by atoms with Crippen LogP contribution >= 0.6 is 34.8 Å². The molecule has 0 N–H and O–H groups in total. The molecule has 242 valence electrons. The number of nitrogens with zero attached hydrogens (tertiary/aromatic N) is 3. The fourth-order valence-corrected chi connectivity index (χ4v) is 8.70. The maximum absolute atomic E-state index is 13.6. The van der Waals surface area contributed by atoms with E-state index in [0.29, 0.717) is 41.9 Å². The van der Waals surface area contributed by atoms with Crippen LogP contribution in [0.1, 0.15) is 76.4 Å². The van der Waals surface area contributed by atoms with Crippen molar-refractivity contribution in [3.8, 4) is 0 Å². The van der Waals surface area contributed by atoms with Crippen LogP contribution in [-0.2, 0) is 14.8 Å². The number of piperidine rings is 1. The van der Waals surface area contributed by atoms with E-state index in [9.17, 15) is 13.2 Å². The van der Waals surface area contributed by atoms with E-state index in [2.05, 4.69) is 47.0 Å². The molecule has 0 atom stereocenters. The molecule has 0 spiro atoms. The Kier molecular flexibility index (Phi) is 8.83. The van der Waals surface area contributed by atoms with E-state index in [0.717, 1.165) is 46.4 Å². The topological polar surface area (TPSA) is 81.5 Å². The standard InChI is InChI=1S/C36H32Cl3N3O4S/c1-46-36(43)30-14-13-29(21-31(30)39)47(44,45)41-18-16-28(17-19-41)42-33-20-25(8-15-32(33)40-35(42)24-2-3-24)34(22-4-9-26(37)10-5-22)23-6-11-27(38)12-7-23/h4-15,20-21,24,28,34H,2-3,16-19H2,1H3. The molecular weight excluding hydrogens is 677 g/mol. The molecule has 11 heteroatoms. The second kappa shape index (κ2) is 12.9. The van der Waals surface area contributed by atoms with Crippen LogP contribution in [0, 0.1) is 0 Å². The summed E-state index contributed by atoms with van der Waals surface area (Å²) in [7, 11) is -2.56. The third kappa shape index (κ3) is 6.30. The molecule has 1 aliphatic heterocycles. The minimum Gasteiger partial charge on any atom is -0.465 e. The van der Waals surface area contributed by atoms with Gasteiger partial charge in [-0.2, -0.15) is 4.31 Å². The van der Waals surface area contributed by atoms with Crippen molar-refractivity contribution in [3.05, 3.63) is 128 Å². The van der Waals surface area contributed by atoms with Crippen LogP contribution in [0.3, 0.4) is 0 Å². The van der Waals surface area contributed by atoms with Crippen molar-refractivity contribution in [1.82, 2.24) is 13.9 Å². The van der Waals surface area contributed by atoms with Crippen molar-refractivity contribution in [1.29, 1.82) is 0 Å². The van der Waals surface area contributed by atoms with Gasteiger partial charge in [0, 0.05) is 41.0 Å². The van der Waals surface area contributed by atoms with Crippen LogP contribution in [0.2, 0.25) is 15.1 Å². The van der Waals surface area contributed by atoms with Crippen molar-refractivity contribution in [2.24, 2.45) is 0 Å². The molecule has 2 heterocycles. The van der Waals surface area contributed by atoms with E-state index in [1.807, 2.05) is 24.3 Å². The molecule has 1 aromatic heterocycles. The van der Waals surface area contributed by atoms with E-state index < -0.39 is 16.0 Å². The van der Waals surface area contributed by atoms with Crippen molar-refractivity contribution in [2.45, 2.75) is 48.5 Å². The zero-order valence-electron chi connectivity index (χ0n) is 25.6. The predicted octanol–water partition coefficient (Wildman–Crippen LogP) is 8.87. The van der Waals surface area contributed by atoms with Crippen molar-refractivity contribution in [2.75, 3.05) is 20.2 Å². The SMILES string of the molecule is COC(=O)c1ccc(S(=O)(=O)N2CCC(n3c(C4CC4)nc4ccc(C(c5ccc(Cl)cc5)c5ccc(Cl)cc5)cc43)CC2)cc1Cl. The molecule has 5 aromatic rings. The summed E-state index contributed by atoms with van der Waals surface area (Å²) < 4.78 is 35.9. The van der Waals surface area contributed by atoms with Gasteiger partial charge in [0.2, 0.25) is 10.0 Å². The molecule has 0 amide bonds. The fourth-order valence-electron chi connectivity index (χ4n) is 6.63. The molecular formula is C36H32Cl3N3O4S. The Hall–Kier alpha value is -3.40. The molecule has 2 aliphatic rings. The summed E-state index contributed by atoms with van der Waals surface area (Å²) in [6.07, 6.45) is 3.48. The highest BCUT2D eigenvalue weighted by atomic mass is 35.5. The lowest BCUT2D eigenvalue weighted by molar-refractivity contribution is 0.0601. The Balaban J connectivity index is 1.21. The lowest BCUT2D eigenvalue weighted by Gasteiger charge is -2.33. The molecule has 1 saturated carbocycles. The summed E-state index contributed by atoms with van der Waals surface area (Å²) in [5, 5.41) is 1.40. The van der Waals surface area contributed by atoms with Gasteiger partial charge in [0.25, 0.3) is 0 Å². The number of fused-ring (bicyclic) bond motifs is 1. The summed E-state index contributed by atoms with van der Waals surface area (Å²) in [5.74, 6) is 0.824. The minimum absolute atomic E-state index is 0.0399. The molecule has 0 bridgehead atoms. The summed E-state index contributed by atoms with van der Waals surface area (Å²) in [5.41, 5.74) is 5.48. The van der Waals surface area contributed by atoms with E-state index >= 15 is 0 Å². The Morgan fingerprint density at radius 2 is 1.40 bits per heavy atom. The first-order valence-corrected chi connectivity index (χ1v) is 18.1. The number of aromatic nitrogens is 2. The highest BCUT2D eigenvalue weighted by Crippen LogP contribution is 2.44. The summed E-state index contributed by atoms with van der Waals surface area (Å²) >= 11 is 18.8. The Labute approximate surface area is 289 Å². The number of carbonyl (C=O) groups is 1. The maximum atomic E-state index is 13.6. The van der Waals surface area contributed by atoms with E-state index in [-0.39, 0.29) is 27.4 Å². The summed E-state index contributed by atoms with van der Waals surface area (Å²) in [6, 6.07) is 26.6. The van der Waals surface area contributed by atoms with Gasteiger partial charge in [0.1, 0.15) is 5.82 Å². The molecule has 0 radical (unpaired) electrons. The first-order valence-electron chi connectivity index (χ1n) is 15.5. The largest absolute Gasteiger partial charge is 0.465 e. The first kappa shape index (κ1) is 32.2. The first-order chi connectivity index (χ1) is 22.6. The quantitative estimate of drug-likeness (QED) is 0.119. The third-order valence-electron chi connectivity index (χ3n) is 9.20. The predicted molar refractivity (Wildman–Crippen MR) is 185 cm³/mol. The fraction of sp³-hybridized carbons (Fsp3) is 0.278. The van der Waals surface area contributed by atoms with Gasteiger partial charge in [-0.3, -0.25) is 0 Å². The minimum atomic E-state index is -3.81. The van der Waals surface area contributed by atoms with E-state index in [4.69, 9.17) is 44.5 Å². The van der Waals surface area contributed by atoms with Crippen LogP contribution in [0.15, 0.2) is 89.8 Å². The number of rotatable bonds is 8. The number of methoxy groups -OCH3 is 1. The van der Waals surface area contributed by atoms with E-state index in [1.165, 1.54) is 29.6 Å². The molecule has 0 unspecified atom stereocenters. The number of benzene rings is 4. The average molecular weight is 709 g/mol. The molecule has 7 rings (SSSR count). The van der Waals surface area contributed by atoms with E-state index in [1.54, 1.807) is 0 Å². The second-order valence-electron chi connectivity index (χ2n) is 12.2. The lowest BCUT2D eigenvalue weighted by Crippen LogP contribution is -2.39. The Morgan fingerprint density at radius 3 is 1.96 bits per heavy atom. The van der Waals surface area contributed by atoms with Crippen molar-refractivity contribution < 1.29 is 17.9 Å². The van der Waals surface area contributed by atoms with Crippen LogP contribution in [0.4, 0.5) is 0 Å². The maximum Gasteiger partial charge on any atom is 0.339 e. The number of hydrogen-bond acceptors (Lipinski definition) is 5. The molecule has 4 aromatic carbocycles. The van der Waals surface area contributed by atoms with Gasteiger partial charge in [-0.15, -0.1) is 0 Å². The molecule has 2 fully saturated rings. The molecule has 47 heavy (non-hydrogen) atoms. The van der Waals surface area contributed by atoms with Crippen LogP contribution < -0.4 is 0 Å². The zero-order chi connectivity index (χ0) is 32.9. The normalized spacial score (nSPS) is 16.2. The van der Waals surface area contributed by atoms with Gasteiger partial charge in [-0.05, 0) is 97.0 Å². The van der Waals surface area contributed by atoms with Crippen LogP contribution in [-0.4, -0.2) is 48.4 Å². The number of sulfonamides is 1. The Bertz CT molecular complexity index is 2020. The van der Waals surface area contributed by atoms with Crippen LogP contribution in [0.25, 0.3) is 11.0 Å². The summed E-state index contributed by atoms with van der Waals surface area (Å²) in [6.45, 7) is 0.704. The monoisotopic (exact) mass is 707 g/mol. The smallest absolute Gasteiger partial charge is 0.339 e. The van der Waals surface area contributed by atoms with Crippen molar-refractivity contribution in [3.63, 3.8) is 0 Å². The highest BCUT2D eigenvalue weighted by Gasteiger charge is 2.36. The lowest BCUT2D eigenvalue weighted by atomic mass is 9.85. The Morgan fingerprint density at radius 1 is 0.809 bits per heavy atom. The van der Waals surface area contributed by atoms with Crippen molar-refractivity contribution >= 4 is 61.8 Å². The third-order valence-corrected chi connectivity index (χ3v) is 11.9. The number of ether oxygens (including phenoxy) is 1. The van der Waals surface area contributed by atoms with Gasteiger partial charge >= 0.3 is 5.97 Å². The molecule has 7 nitrogen and oxygen atoms in total. The molecule has 1 saturated heterocycles. The molecule has 1 aliphatic carbocycles. The van der Waals surface area contributed by atoms with Gasteiger partial charge in [0.05, 0.1) is 33.6 Å². The second-order valence-corrected chi connectivity index (χ2v) is 15.4. The number of hydrogen-bond donors (Lipinski definition) is 0. The number of imidazole rings is 1. The van der Waals surface area contributed by atoms with Gasteiger partial charge in [-0.25, -0.2) is 18.2 Å². The zero-order valence-corrected chi connectivity index (χ0v) is 28.7. The number of esters is 1. The highest BCUT2D eigenvalue weighted by molar-refractivity contribution is 7.89. The van der Waals surface area contributed by atoms with Gasteiger partial charge < -0.3 is 9.30 Å². The number of carbonyl (C=O) groups excluding carboxylic acids is 1.